The summed E-state index contributed by atoms with van der Waals surface area (Å²) in [5.74, 6) is -0.409. The Labute approximate surface area is 259 Å². The standard InChI is InChI=1S/C36H48O6Si/c1-29(37)42-34(28-38-25-30-17-10-7-11-18-30)35(40-27-32-21-14-9-15-22-32)33(39-26-31-19-12-8-13-20-31)23-16-24-41-43(5,6)36(2,3)4/h7-23,33-35H,24-28H2,1-6H3/t33-,34+,35-/m1/s1. The molecule has 0 saturated heterocycles. The third kappa shape index (κ3) is 12.2. The number of benzene rings is 3. The highest BCUT2D eigenvalue weighted by Crippen LogP contribution is 2.36. The Kier molecular flexibility index (Phi) is 13.8. The first-order valence-electron chi connectivity index (χ1n) is 15.0. The van der Waals surface area contributed by atoms with Crippen molar-refractivity contribution in [1.29, 1.82) is 0 Å². The molecule has 0 aliphatic rings. The Balaban J connectivity index is 1.87. The fraction of sp³-hybridized carbons (Fsp3) is 0.417. The highest BCUT2D eigenvalue weighted by atomic mass is 28.4. The Hall–Kier alpha value is -3.07. The van der Waals surface area contributed by atoms with E-state index in [-0.39, 0.29) is 11.6 Å². The summed E-state index contributed by atoms with van der Waals surface area (Å²) >= 11 is 0. The molecule has 3 atom stereocenters. The van der Waals surface area contributed by atoms with Crippen LogP contribution in [0.2, 0.25) is 18.1 Å². The zero-order chi connectivity index (χ0) is 31.1. The summed E-state index contributed by atoms with van der Waals surface area (Å²) < 4.78 is 31.4. The molecular weight excluding hydrogens is 556 g/mol. The zero-order valence-corrected chi connectivity index (χ0v) is 27.5. The van der Waals surface area contributed by atoms with Crippen molar-refractivity contribution in [1.82, 2.24) is 0 Å². The summed E-state index contributed by atoms with van der Waals surface area (Å²) in [6.45, 7) is 14.2. The van der Waals surface area contributed by atoms with E-state index in [0.29, 0.717) is 26.4 Å². The minimum atomic E-state index is -1.94. The second-order valence-corrected chi connectivity index (χ2v) is 17.0. The van der Waals surface area contributed by atoms with Crippen molar-refractivity contribution in [2.45, 2.75) is 84.0 Å². The molecule has 0 unspecified atom stereocenters. The number of hydrogen-bond acceptors (Lipinski definition) is 6. The van der Waals surface area contributed by atoms with E-state index >= 15 is 0 Å². The monoisotopic (exact) mass is 604 g/mol. The predicted molar refractivity (Wildman–Crippen MR) is 174 cm³/mol. The van der Waals surface area contributed by atoms with Gasteiger partial charge in [0.1, 0.15) is 12.2 Å². The van der Waals surface area contributed by atoms with E-state index < -0.39 is 32.6 Å². The van der Waals surface area contributed by atoms with Crippen molar-refractivity contribution >= 4 is 14.3 Å². The summed E-state index contributed by atoms with van der Waals surface area (Å²) in [6.07, 6.45) is 2.06. The maximum Gasteiger partial charge on any atom is 0.303 e. The fourth-order valence-corrected chi connectivity index (χ4v) is 5.09. The van der Waals surface area contributed by atoms with Crippen molar-refractivity contribution < 1.29 is 28.2 Å². The molecule has 0 fully saturated rings. The van der Waals surface area contributed by atoms with E-state index in [1.165, 1.54) is 6.92 Å². The van der Waals surface area contributed by atoms with Crippen LogP contribution in [0.5, 0.6) is 0 Å². The number of hydrogen-bond donors (Lipinski definition) is 0. The molecule has 0 radical (unpaired) electrons. The quantitative estimate of drug-likeness (QED) is 0.0887. The van der Waals surface area contributed by atoms with Crippen LogP contribution in [0.1, 0.15) is 44.4 Å². The summed E-state index contributed by atoms with van der Waals surface area (Å²) in [5.41, 5.74) is 3.07. The third-order valence-corrected chi connectivity index (χ3v) is 12.1. The average molecular weight is 605 g/mol. The Morgan fingerprint density at radius 2 is 1.26 bits per heavy atom. The van der Waals surface area contributed by atoms with Crippen LogP contribution in [0.15, 0.2) is 103 Å². The lowest BCUT2D eigenvalue weighted by Gasteiger charge is -2.36. The molecule has 3 aromatic rings. The molecule has 43 heavy (non-hydrogen) atoms. The minimum absolute atomic E-state index is 0.0991. The van der Waals surface area contributed by atoms with Crippen LogP contribution < -0.4 is 0 Å². The Morgan fingerprint density at radius 3 is 1.74 bits per heavy atom. The van der Waals surface area contributed by atoms with Crippen LogP contribution in [0, 0.1) is 0 Å². The molecule has 0 aliphatic carbocycles. The van der Waals surface area contributed by atoms with Crippen molar-refractivity contribution in [2.75, 3.05) is 13.2 Å². The zero-order valence-electron chi connectivity index (χ0n) is 26.5. The minimum Gasteiger partial charge on any atom is -0.457 e. The van der Waals surface area contributed by atoms with Crippen LogP contribution in [0.4, 0.5) is 0 Å². The summed E-state index contributed by atoms with van der Waals surface area (Å²) in [7, 11) is -1.94. The molecule has 0 amide bonds. The van der Waals surface area contributed by atoms with Gasteiger partial charge in [0.05, 0.1) is 33.0 Å². The number of ether oxygens (including phenoxy) is 4. The molecule has 0 saturated carbocycles. The van der Waals surface area contributed by atoms with E-state index in [0.717, 1.165) is 16.7 Å². The second kappa shape index (κ2) is 17.3. The number of carbonyl (C=O) groups excluding carboxylic acids is 1. The lowest BCUT2D eigenvalue weighted by atomic mass is 10.1. The first-order chi connectivity index (χ1) is 20.5. The second-order valence-electron chi connectivity index (χ2n) is 12.2. The highest BCUT2D eigenvalue weighted by Gasteiger charge is 2.37. The van der Waals surface area contributed by atoms with Gasteiger partial charge in [-0.05, 0) is 34.8 Å². The number of rotatable bonds is 17. The molecule has 0 bridgehead atoms. The van der Waals surface area contributed by atoms with E-state index in [4.69, 9.17) is 23.4 Å². The van der Waals surface area contributed by atoms with Crippen LogP contribution in [-0.4, -0.2) is 45.8 Å². The van der Waals surface area contributed by atoms with Crippen molar-refractivity contribution in [3.8, 4) is 0 Å². The van der Waals surface area contributed by atoms with Gasteiger partial charge in [-0.25, -0.2) is 0 Å². The number of carbonyl (C=O) groups is 1. The normalized spacial score (nSPS) is 14.4. The molecule has 232 valence electrons. The highest BCUT2D eigenvalue weighted by molar-refractivity contribution is 6.74. The molecule has 0 aliphatic heterocycles. The molecule has 0 heterocycles. The first-order valence-corrected chi connectivity index (χ1v) is 17.9. The SMILES string of the molecule is CC(=O)O[C@@H](COCc1ccccc1)[C@H](OCc1ccccc1)[C@@H](C=CCO[Si](C)(C)C(C)(C)C)OCc1ccccc1. The summed E-state index contributed by atoms with van der Waals surface area (Å²) in [4.78, 5) is 12.3. The molecule has 0 aromatic heterocycles. The van der Waals surface area contributed by atoms with Gasteiger partial charge in [0.25, 0.3) is 0 Å². The van der Waals surface area contributed by atoms with Gasteiger partial charge >= 0.3 is 5.97 Å². The molecule has 3 aromatic carbocycles. The molecule has 6 nitrogen and oxygen atoms in total. The fourth-order valence-electron chi connectivity index (χ4n) is 4.15. The average Bonchev–Trinajstić information content (AvgIpc) is 2.98. The van der Waals surface area contributed by atoms with Gasteiger partial charge in [0.2, 0.25) is 0 Å². The summed E-state index contributed by atoms with van der Waals surface area (Å²) in [6, 6.07) is 29.8. The van der Waals surface area contributed by atoms with Gasteiger partial charge in [0, 0.05) is 6.92 Å². The predicted octanol–water partition coefficient (Wildman–Crippen LogP) is 7.88. The Bertz CT molecular complexity index is 1220. The molecule has 0 spiro atoms. The lowest BCUT2D eigenvalue weighted by molar-refractivity contribution is -0.174. The Morgan fingerprint density at radius 1 is 0.767 bits per heavy atom. The van der Waals surface area contributed by atoms with E-state index in [2.05, 4.69) is 33.9 Å². The van der Waals surface area contributed by atoms with E-state index in [1.807, 2.05) is 103 Å². The largest absolute Gasteiger partial charge is 0.457 e. The van der Waals surface area contributed by atoms with Gasteiger partial charge in [-0.2, -0.15) is 0 Å². The van der Waals surface area contributed by atoms with E-state index in [1.54, 1.807) is 0 Å². The van der Waals surface area contributed by atoms with E-state index in [9.17, 15) is 4.79 Å². The van der Waals surface area contributed by atoms with Gasteiger partial charge < -0.3 is 23.4 Å². The molecule has 7 heteroatoms. The first kappa shape index (κ1) is 34.4. The smallest absolute Gasteiger partial charge is 0.303 e. The lowest BCUT2D eigenvalue weighted by Crippen LogP contribution is -2.45. The molecular formula is C36H48O6Si. The van der Waals surface area contributed by atoms with Crippen LogP contribution >= 0.6 is 0 Å². The van der Waals surface area contributed by atoms with Crippen molar-refractivity contribution in [3.05, 3.63) is 120 Å². The van der Waals surface area contributed by atoms with Gasteiger partial charge in [-0.3, -0.25) is 4.79 Å². The molecule has 0 N–H and O–H groups in total. The van der Waals surface area contributed by atoms with Crippen LogP contribution in [-0.2, 0) is 48.0 Å². The van der Waals surface area contributed by atoms with Gasteiger partial charge in [-0.15, -0.1) is 0 Å². The van der Waals surface area contributed by atoms with Crippen molar-refractivity contribution in [3.63, 3.8) is 0 Å². The summed E-state index contributed by atoms with van der Waals surface area (Å²) in [5, 5.41) is 0.0991. The molecule has 3 rings (SSSR count). The van der Waals surface area contributed by atoms with Gasteiger partial charge in [-0.1, -0.05) is 124 Å². The van der Waals surface area contributed by atoms with Crippen LogP contribution in [0.25, 0.3) is 0 Å². The van der Waals surface area contributed by atoms with Crippen molar-refractivity contribution in [2.24, 2.45) is 0 Å². The maximum absolute atomic E-state index is 12.3. The maximum atomic E-state index is 12.3. The van der Waals surface area contributed by atoms with Gasteiger partial charge in [0.15, 0.2) is 14.4 Å². The third-order valence-electron chi connectivity index (χ3n) is 7.64. The topological polar surface area (TPSA) is 63.2 Å². The van der Waals surface area contributed by atoms with Crippen LogP contribution in [0.3, 0.4) is 0 Å². The number of esters is 1.